The Labute approximate surface area is 245 Å². The van der Waals surface area contributed by atoms with Crippen LogP contribution in [0.2, 0.25) is 0 Å². The van der Waals surface area contributed by atoms with Crippen LogP contribution in [0.15, 0.2) is 77.5 Å². The smallest absolute Gasteiger partial charge is 0.289 e. The molecule has 14 heteroatoms. The van der Waals surface area contributed by atoms with Gasteiger partial charge in [-0.3, -0.25) is 28.3 Å². The summed E-state index contributed by atoms with van der Waals surface area (Å²) in [6, 6.07) is 11.3. The average Bonchev–Trinajstić information content (AvgIpc) is 2.96. The molecule has 44 heavy (non-hydrogen) atoms. The molecule has 7 aromatic rings. The van der Waals surface area contributed by atoms with Crippen LogP contribution in [0.5, 0.6) is 0 Å². The Balaban J connectivity index is 1.91. The second-order valence-electron chi connectivity index (χ2n) is 10.4. The minimum absolute atomic E-state index is 0.0727. The van der Waals surface area contributed by atoms with Gasteiger partial charge in [0.25, 0.3) is 20.2 Å². The van der Waals surface area contributed by atoms with E-state index in [-0.39, 0.29) is 54.7 Å². The summed E-state index contributed by atoms with van der Waals surface area (Å²) in [6.45, 7) is 2.44. The number of benzene rings is 6. The molecule has 0 aliphatic carbocycles. The normalized spacial score (nSPS) is 12.8. The fraction of sp³-hybridized carbons (Fsp3) is 0.0667. The van der Waals surface area contributed by atoms with Crippen molar-refractivity contribution in [3.63, 3.8) is 0 Å². The van der Waals surface area contributed by atoms with Gasteiger partial charge in [0, 0.05) is 21.5 Å². The van der Waals surface area contributed by atoms with E-state index in [2.05, 4.69) is 9.97 Å². The zero-order chi connectivity index (χ0) is 31.6. The van der Waals surface area contributed by atoms with Gasteiger partial charge in [-0.05, 0) is 25.0 Å². The van der Waals surface area contributed by atoms with Gasteiger partial charge in [0.1, 0.15) is 20.8 Å². The number of fused-ring (bicyclic) bond motifs is 8. The fourth-order valence-electron chi connectivity index (χ4n) is 6.18. The Kier molecular flexibility index (Phi) is 5.54. The molecule has 0 saturated heterocycles. The van der Waals surface area contributed by atoms with Crippen molar-refractivity contribution in [1.82, 2.24) is 9.97 Å². The minimum atomic E-state index is -5.16. The molecule has 7 rings (SSSR count). The molecule has 0 aliphatic rings. The van der Waals surface area contributed by atoms with E-state index in [4.69, 9.17) is 0 Å². The third-order valence-corrected chi connectivity index (χ3v) is 10.0. The van der Waals surface area contributed by atoms with Crippen LogP contribution in [0.3, 0.4) is 0 Å². The van der Waals surface area contributed by atoms with E-state index in [1.54, 1.807) is 0 Å². The molecule has 2 N–H and O–H groups in total. The van der Waals surface area contributed by atoms with Gasteiger partial charge in [0.15, 0.2) is 21.7 Å². The molecular formula is C30H16N2O10S2. The van der Waals surface area contributed by atoms with Gasteiger partial charge in [-0.2, -0.15) is 16.8 Å². The van der Waals surface area contributed by atoms with Crippen LogP contribution in [-0.2, 0) is 20.2 Å². The standard InChI is InChI=1S/C30H16N2O10S2/c1-11-21-23(17-19(29(11)43(37,38)39)27(35)15-9-5-3-7-13(15)25(17)33)32-22-12(2)30(44(40,41)42)20-18(24(22)31-21)26(34)14-8-4-6-10-16(14)28(20)36/h3-10H,1-2H3,(H,37,38,39)(H,40,41,42). The maximum absolute atomic E-state index is 13.8. The van der Waals surface area contributed by atoms with Crippen LogP contribution < -0.4 is 21.7 Å². The van der Waals surface area contributed by atoms with Crippen molar-refractivity contribution in [2.45, 2.75) is 23.6 Å². The summed E-state index contributed by atoms with van der Waals surface area (Å²) in [6.07, 6.45) is 0. The van der Waals surface area contributed by atoms with Gasteiger partial charge in [-0.25, -0.2) is 9.97 Å². The van der Waals surface area contributed by atoms with Gasteiger partial charge >= 0.3 is 0 Å². The first-order valence-electron chi connectivity index (χ1n) is 12.8. The Morgan fingerprint density at radius 2 is 0.750 bits per heavy atom. The number of rotatable bonds is 2. The van der Waals surface area contributed by atoms with Crippen LogP contribution in [0.4, 0.5) is 0 Å². The molecule has 0 unspecified atom stereocenters. The predicted molar refractivity (Wildman–Crippen MR) is 164 cm³/mol. The third-order valence-electron chi connectivity index (χ3n) is 7.97. The Hall–Kier alpha value is -5.02. The largest absolute Gasteiger partial charge is 0.295 e. The highest BCUT2D eigenvalue weighted by Crippen LogP contribution is 2.37. The summed E-state index contributed by atoms with van der Waals surface area (Å²) < 4.78 is 71.4. The SMILES string of the molecule is Cc1c(S(=O)(=O)O)c2c(=O)c3ccccc3c(=O)c2c2nc3c(C)c(S(=O)(=O)O)c4c(=O)c5ccccc5c(=O)c4c3nc12. The second-order valence-corrected chi connectivity index (χ2v) is 13.1. The third kappa shape index (κ3) is 3.50. The van der Waals surface area contributed by atoms with E-state index in [1.165, 1.54) is 62.4 Å². The molecule has 0 saturated carbocycles. The van der Waals surface area contributed by atoms with E-state index in [0.29, 0.717) is 0 Å². The highest BCUT2D eigenvalue weighted by molar-refractivity contribution is 7.86. The van der Waals surface area contributed by atoms with Crippen molar-refractivity contribution < 1.29 is 25.9 Å². The lowest BCUT2D eigenvalue weighted by atomic mass is 9.96. The summed E-state index contributed by atoms with van der Waals surface area (Å²) in [5, 5.41) is -2.65. The van der Waals surface area contributed by atoms with Crippen LogP contribution in [-0.4, -0.2) is 35.9 Å². The molecular weight excluding hydrogens is 612 g/mol. The number of hydrogen-bond donors (Lipinski definition) is 2. The van der Waals surface area contributed by atoms with Crippen molar-refractivity contribution in [2.24, 2.45) is 0 Å². The molecule has 0 spiro atoms. The molecule has 0 radical (unpaired) electrons. The number of nitrogens with zero attached hydrogens (tertiary/aromatic N) is 2. The first kappa shape index (κ1) is 27.8. The first-order chi connectivity index (χ1) is 20.6. The molecule has 1 heterocycles. The fourth-order valence-corrected chi connectivity index (χ4v) is 8.05. The highest BCUT2D eigenvalue weighted by atomic mass is 32.2. The van der Waals surface area contributed by atoms with Crippen molar-refractivity contribution in [3.8, 4) is 0 Å². The van der Waals surface area contributed by atoms with E-state index < -0.39 is 73.3 Å². The van der Waals surface area contributed by atoms with Gasteiger partial charge in [0.2, 0.25) is 0 Å². The predicted octanol–water partition coefficient (Wildman–Crippen LogP) is 2.82. The average molecular weight is 629 g/mol. The molecule has 0 atom stereocenters. The lowest BCUT2D eigenvalue weighted by Crippen LogP contribution is -2.20. The van der Waals surface area contributed by atoms with Gasteiger partial charge in [-0.1, -0.05) is 48.5 Å². The van der Waals surface area contributed by atoms with Crippen LogP contribution in [0, 0.1) is 13.8 Å². The lowest BCUT2D eigenvalue weighted by Gasteiger charge is -2.15. The highest BCUT2D eigenvalue weighted by Gasteiger charge is 2.31. The molecule has 12 nitrogen and oxygen atoms in total. The quantitative estimate of drug-likeness (QED) is 0.161. The molecule has 218 valence electrons. The summed E-state index contributed by atoms with van der Waals surface area (Å²) in [4.78, 5) is 62.2. The minimum Gasteiger partial charge on any atom is -0.289 e. The van der Waals surface area contributed by atoms with Crippen molar-refractivity contribution >= 4 is 85.4 Å². The zero-order valence-corrected chi connectivity index (χ0v) is 24.1. The van der Waals surface area contributed by atoms with Crippen LogP contribution in [0.1, 0.15) is 11.1 Å². The van der Waals surface area contributed by atoms with Crippen molar-refractivity contribution in [3.05, 3.63) is 101 Å². The van der Waals surface area contributed by atoms with E-state index in [0.717, 1.165) is 0 Å². The summed E-state index contributed by atoms with van der Waals surface area (Å²) >= 11 is 0. The molecule has 0 amide bonds. The molecule has 0 aliphatic heterocycles. The van der Waals surface area contributed by atoms with Gasteiger partial charge < -0.3 is 0 Å². The van der Waals surface area contributed by atoms with Crippen LogP contribution >= 0.6 is 0 Å². The second kappa shape index (κ2) is 8.76. The molecule has 1 aromatic heterocycles. The Bertz CT molecular complexity index is 2780. The Morgan fingerprint density at radius 3 is 1.02 bits per heavy atom. The van der Waals surface area contributed by atoms with E-state index in [1.807, 2.05) is 0 Å². The first-order valence-corrected chi connectivity index (χ1v) is 15.7. The number of hydrogen-bond acceptors (Lipinski definition) is 10. The summed E-state index contributed by atoms with van der Waals surface area (Å²) in [5.41, 5.74) is -5.19. The number of aryl methyl sites for hydroxylation is 2. The number of aromatic nitrogens is 2. The van der Waals surface area contributed by atoms with E-state index in [9.17, 15) is 45.1 Å². The van der Waals surface area contributed by atoms with Crippen molar-refractivity contribution in [1.29, 1.82) is 0 Å². The maximum Gasteiger partial charge on any atom is 0.295 e. The summed E-state index contributed by atoms with van der Waals surface area (Å²) in [5.74, 6) is 0. The van der Waals surface area contributed by atoms with Crippen LogP contribution in [0.25, 0.3) is 65.2 Å². The molecule has 0 fully saturated rings. The lowest BCUT2D eigenvalue weighted by molar-refractivity contribution is 0.481. The van der Waals surface area contributed by atoms with Crippen molar-refractivity contribution in [2.75, 3.05) is 0 Å². The zero-order valence-electron chi connectivity index (χ0n) is 22.5. The summed E-state index contributed by atoms with van der Waals surface area (Å²) in [7, 11) is -10.3. The maximum atomic E-state index is 13.8. The monoisotopic (exact) mass is 628 g/mol. The Morgan fingerprint density at radius 1 is 0.477 bits per heavy atom. The molecule has 6 aromatic carbocycles. The van der Waals surface area contributed by atoms with Gasteiger partial charge in [0.05, 0.1) is 32.6 Å². The van der Waals surface area contributed by atoms with Gasteiger partial charge in [-0.15, -0.1) is 0 Å². The topological polar surface area (TPSA) is 203 Å². The van der Waals surface area contributed by atoms with E-state index >= 15 is 0 Å². The molecule has 0 bridgehead atoms.